The predicted molar refractivity (Wildman–Crippen MR) is 96.3 cm³/mol. The van der Waals surface area contributed by atoms with Crippen molar-refractivity contribution in [1.29, 1.82) is 0 Å². The van der Waals surface area contributed by atoms with Gasteiger partial charge in [0.25, 0.3) is 0 Å². The van der Waals surface area contributed by atoms with E-state index in [9.17, 15) is 4.79 Å². The molecule has 1 amide bonds. The molecule has 1 heterocycles. The first-order valence-electron chi connectivity index (χ1n) is 7.29. The Bertz CT molecular complexity index is 769. The van der Waals surface area contributed by atoms with Crippen molar-refractivity contribution in [3.05, 3.63) is 52.0 Å². The Morgan fingerprint density at radius 1 is 1.21 bits per heavy atom. The van der Waals surface area contributed by atoms with E-state index >= 15 is 0 Å². The second kappa shape index (κ2) is 7.55. The normalized spacial score (nSPS) is 13.6. The van der Waals surface area contributed by atoms with Gasteiger partial charge in [-0.25, -0.2) is 0 Å². The van der Waals surface area contributed by atoms with Crippen LogP contribution in [0.25, 0.3) is 0 Å². The van der Waals surface area contributed by atoms with Crippen molar-refractivity contribution < 1.29 is 14.3 Å². The second-order valence-corrected chi connectivity index (χ2v) is 7.13. The highest BCUT2D eigenvalue weighted by molar-refractivity contribution is 8.00. The summed E-state index contributed by atoms with van der Waals surface area (Å²) in [6.45, 7) is 2.16. The highest BCUT2D eigenvalue weighted by Gasteiger charge is 2.17. The Balaban J connectivity index is 1.57. The number of hydrogen-bond donors (Lipinski definition) is 1. The van der Waals surface area contributed by atoms with Crippen molar-refractivity contribution in [1.82, 2.24) is 5.32 Å². The summed E-state index contributed by atoms with van der Waals surface area (Å²) < 4.78 is 10.6. The lowest BCUT2D eigenvalue weighted by atomic mass is 10.1. The van der Waals surface area contributed by atoms with Crippen LogP contribution < -0.4 is 14.8 Å². The minimum Gasteiger partial charge on any atom is -0.454 e. The van der Waals surface area contributed by atoms with Crippen LogP contribution in [0.2, 0.25) is 10.0 Å². The van der Waals surface area contributed by atoms with E-state index in [1.165, 1.54) is 11.8 Å². The Hall–Kier alpha value is -1.56. The zero-order valence-electron chi connectivity index (χ0n) is 12.8. The molecule has 24 heavy (non-hydrogen) atoms. The molecule has 0 unspecified atom stereocenters. The summed E-state index contributed by atoms with van der Waals surface area (Å²) in [5.74, 6) is 1.60. The molecule has 0 saturated heterocycles. The van der Waals surface area contributed by atoms with Gasteiger partial charge in [0.05, 0.1) is 16.8 Å². The molecule has 2 aromatic carbocycles. The average molecular weight is 384 g/mol. The smallest absolute Gasteiger partial charge is 0.231 e. The fourth-order valence-electron chi connectivity index (χ4n) is 2.28. The number of thioether (sulfide) groups is 1. The Morgan fingerprint density at radius 3 is 2.83 bits per heavy atom. The molecule has 0 aromatic heterocycles. The molecule has 0 aliphatic carbocycles. The first kappa shape index (κ1) is 17.3. The number of benzene rings is 2. The number of carbonyl (C=O) groups excluding carboxylic acids is 1. The number of nitrogens with one attached hydrogen (secondary N) is 1. The monoisotopic (exact) mass is 383 g/mol. The number of rotatable bonds is 5. The van der Waals surface area contributed by atoms with E-state index in [2.05, 4.69) is 5.32 Å². The van der Waals surface area contributed by atoms with Crippen molar-refractivity contribution in [3.63, 3.8) is 0 Å². The molecule has 126 valence electrons. The van der Waals surface area contributed by atoms with Crippen molar-refractivity contribution in [2.24, 2.45) is 0 Å². The standard InChI is InChI=1S/C17H15Cl2NO3S/c1-10(11-2-5-14-15(6-11)23-9-22-14)20-17(21)8-24-16-7-12(18)3-4-13(16)19/h2-7,10H,8-9H2,1H3,(H,20,21)/t10-/m1/s1. The number of halogens is 2. The number of fused-ring (bicyclic) bond motifs is 1. The summed E-state index contributed by atoms with van der Waals surface area (Å²) in [5, 5.41) is 4.14. The second-order valence-electron chi connectivity index (χ2n) is 5.27. The molecule has 2 aromatic rings. The molecule has 1 aliphatic heterocycles. The van der Waals surface area contributed by atoms with Crippen LogP contribution in [0.5, 0.6) is 11.5 Å². The molecule has 7 heteroatoms. The van der Waals surface area contributed by atoms with Gasteiger partial charge in [0.15, 0.2) is 11.5 Å². The Morgan fingerprint density at radius 2 is 2.00 bits per heavy atom. The lowest BCUT2D eigenvalue weighted by Gasteiger charge is -2.15. The molecule has 4 nitrogen and oxygen atoms in total. The van der Waals surface area contributed by atoms with E-state index in [1.807, 2.05) is 25.1 Å². The number of ether oxygens (including phenoxy) is 2. The molecule has 3 rings (SSSR count). The molecular weight excluding hydrogens is 369 g/mol. The van der Waals surface area contributed by atoms with E-state index in [0.717, 1.165) is 16.2 Å². The maximum atomic E-state index is 12.2. The predicted octanol–water partition coefficient (Wildman–Crippen LogP) is 4.69. The summed E-state index contributed by atoms with van der Waals surface area (Å²) in [7, 11) is 0. The van der Waals surface area contributed by atoms with Gasteiger partial charge in [-0.1, -0.05) is 29.3 Å². The SMILES string of the molecule is C[C@@H](NC(=O)CSc1cc(Cl)ccc1Cl)c1ccc2c(c1)OCO2. The van der Waals surface area contributed by atoms with Crippen LogP contribution in [-0.2, 0) is 4.79 Å². The van der Waals surface area contributed by atoms with Gasteiger partial charge in [-0.3, -0.25) is 4.79 Å². The van der Waals surface area contributed by atoms with Crippen LogP contribution in [-0.4, -0.2) is 18.5 Å². The van der Waals surface area contributed by atoms with E-state index < -0.39 is 0 Å². The molecule has 0 fully saturated rings. The van der Waals surface area contributed by atoms with E-state index in [4.69, 9.17) is 32.7 Å². The average Bonchev–Trinajstić information content (AvgIpc) is 3.03. The van der Waals surface area contributed by atoms with Gasteiger partial charge in [-0.15, -0.1) is 11.8 Å². The van der Waals surface area contributed by atoms with Crippen LogP contribution in [0.4, 0.5) is 0 Å². The first-order valence-corrected chi connectivity index (χ1v) is 9.04. The lowest BCUT2D eigenvalue weighted by molar-refractivity contribution is -0.119. The highest BCUT2D eigenvalue weighted by atomic mass is 35.5. The molecule has 0 radical (unpaired) electrons. The topological polar surface area (TPSA) is 47.6 Å². The van der Waals surface area contributed by atoms with Crippen LogP contribution in [0.3, 0.4) is 0 Å². The van der Waals surface area contributed by atoms with Crippen molar-refractivity contribution in [2.75, 3.05) is 12.5 Å². The number of amides is 1. The van der Waals surface area contributed by atoms with Crippen LogP contribution in [0, 0.1) is 0 Å². The highest BCUT2D eigenvalue weighted by Crippen LogP contribution is 2.34. The lowest BCUT2D eigenvalue weighted by Crippen LogP contribution is -2.28. The van der Waals surface area contributed by atoms with Crippen molar-refractivity contribution in [3.8, 4) is 11.5 Å². The van der Waals surface area contributed by atoms with Crippen molar-refractivity contribution in [2.45, 2.75) is 17.9 Å². The molecule has 0 bridgehead atoms. The third-order valence-corrected chi connectivity index (χ3v) is 5.26. The minimum atomic E-state index is -0.137. The first-order chi connectivity index (χ1) is 11.5. The molecule has 1 aliphatic rings. The number of hydrogen-bond acceptors (Lipinski definition) is 4. The zero-order chi connectivity index (χ0) is 17.1. The van der Waals surface area contributed by atoms with Gasteiger partial charge in [-0.05, 0) is 42.8 Å². The summed E-state index contributed by atoms with van der Waals surface area (Å²) in [6.07, 6.45) is 0. The van der Waals surface area contributed by atoms with Gasteiger partial charge in [-0.2, -0.15) is 0 Å². The summed E-state index contributed by atoms with van der Waals surface area (Å²) in [5.41, 5.74) is 0.957. The van der Waals surface area contributed by atoms with Gasteiger partial charge >= 0.3 is 0 Å². The maximum Gasteiger partial charge on any atom is 0.231 e. The van der Waals surface area contributed by atoms with Crippen LogP contribution in [0.1, 0.15) is 18.5 Å². The van der Waals surface area contributed by atoms with Gasteiger partial charge in [0.2, 0.25) is 12.7 Å². The van der Waals surface area contributed by atoms with Gasteiger partial charge in [0, 0.05) is 9.92 Å². The van der Waals surface area contributed by atoms with E-state index in [0.29, 0.717) is 15.8 Å². The maximum absolute atomic E-state index is 12.2. The fourth-order valence-corrected chi connectivity index (χ4v) is 3.58. The minimum absolute atomic E-state index is 0.0822. The molecule has 1 N–H and O–H groups in total. The Kier molecular flexibility index (Phi) is 5.43. The van der Waals surface area contributed by atoms with E-state index in [-0.39, 0.29) is 24.5 Å². The summed E-state index contributed by atoms with van der Waals surface area (Å²) >= 11 is 13.4. The molecule has 1 atom stereocenters. The third kappa shape index (κ3) is 4.09. The molecule has 0 saturated carbocycles. The molecule has 0 spiro atoms. The van der Waals surface area contributed by atoms with E-state index in [1.54, 1.807) is 18.2 Å². The van der Waals surface area contributed by atoms with Gasteiger partial charge < -0.3 is 14.8 Å². The molecular formula is C17H15Cl2NO3S. The quantitative estimate of drug-likeness (QED) is 0.760. The fraction of sp³-hybridized carbons (Fsp3) is 0.235. The van der Waals surface area contributed by atoms with Crippen LogP contribution in [0.15, 0.2) is 41.3 Å². The van der Waals surface area contributed by atoms with Gasteiger partial charge in [0.1, 0.15) is 0 Å². The Labute approximate surface area is 154 Å². The third-order valence-electron chi connectivity index (χ3n) is 3.53. The van der Waals surface area contributed by atoms with Crippen LogP contribution >= 0.6 is 35.0 Å². The summed E-state index contributed by atoms with van der Waals surface area (Å²) in [4.78, 5) is 13.0. The zero-order valence-corrected chi connectivity index (χ0v) is 15.2. The summed E-state index contributed by atoms with van der Waals surface area (Å²) in [6, 6.07) is 10.7. The number of carbonyl (C=O) groups is 1. The van der Waals surface area contributed by atoms with Crippen molar-refractivity contribution >= 4 is 40.9 Å². The largest absolute Gasteiger partial charge is 0.454 e.